The number of halogens is 1. The van der Waals surface area contributed by atoms with E-state index in [-0.39, 0.29) is 22.6 Å². The third-order valence-corrected chi connectivity index (χ3v) is 6.44. The number of pyridine rings is 1. The molecule has 0 saturated carbocycles. The molecule has 0 fully saturated rings. The van der Waals surface area contributed by atoms with Crippen molar-refractivity contribution in [1.29, 1.82) is 0 Å². The number of esters is 1. The number of ether oxygens (including phenoxy) is 1. The van der Waals surface area contributed by atoms with Gasteiger partial charge in [0.2, 0.25) is 10.0 Å². The standard InChI is InChI=1S/C19H16FN3O6S2/c1-30-17-7-5-13(9-16(17)23(25)26)31(27,28)22-10-18(24)29-11-12-4-6-15(20)14-3-2-8-21-19(12)14/h2-9,22H,10-11H2,1H3. The Hall–Kier alpha value is -3.09. The lowest BCUT2D eigenvalue weighted by Crippen LogP contribution is -2.30. The number of thioether (sulfide) groups is 1. The number of nitro groups is 1. The molecule has 0 aliphatic carbocycles. The van der Waals surface area contributed by atoms with Gasteiger partial charge in [-0.25, -0.2) is 12.8 Å². The van der Waals surface area contributed by atoms with E-state index in [1.54, 1.807) is 18.4 Å². The Morgan fingerprint density at radius 3 is 2.77 bits per heavy atom. The highest BCUT2D eigenvalue weighted by Crippen LogP contribution is 2.29. The van der Waals surface area contributed by atoms with Gasteiger partial charge in [0.1, 0.15) is 19.0 Å². The highest BCUT2D eigenvalue weighted by Gasteiger charge is 2.22. The van der Waals surface area contributed by atoms with Crippen molar-refractivity contribution in [1.82, 2.24) is 9.71 Å². The molecule has 0 radical (unpaired) electrons. The molecule has 1 aromatic heterocycles. The Morgan fingerprint density at radius 1 is 1.29 bits per heavy atom. The van der Waals surface area contributed by atoms with Crippen LogP contribution in [0.3, 0.4) is 0 Å². The van der Waals surface area contributed by atoms with Crippen LogP contribution < -0.4 is 4.72 Å². The average molecular weight is 465 g/mol. The van der Waals surface area contributed by atoms with Crippen LogP contribution in [0.15, 0.2) is 58.5 Å². The summed E-state index contributed by atoms with van der Waals surface area (Å²) in [7, 11) is -4.19. The summed E-state index contributed by atoms with van der Waals surface area (Å²) in [6.45, 7) is -0.921. The minimum atomic E-state index is -4.19. The van der Waals surface area contributed by atoms with Gasteiger partial charge in [0.05, 0.1) is 20.2 Å². The van der Waals surface area contributed by atoms with Crippen molar-refractivity contribution in [2.75, 3.05) is 12.8 Å². The summed E-state index contributed by atoms with van der Waals surface area (Å²) < 4.78 is 45.8. The van der Waals surface area contributed by atoms with E-state index >= 15 is 0 Å². The molecule has 3 rings (SSSR count). The monoisotopic (exact) mass is 465 g/mol. The SMILES string of the molecule is CSc1ccc(S(=O)(=O)NCC(=O)OCc2ccc(F)c3cccnc23)cc1[N+](=O)[O-]. The highest BCUT2D eigenvalue weighted by molar-refractivity contribution is 7.98. The molecule has 3 aromatic rings. The highest BCUT2D eigenvalue weighted by atomic mass is 32.2. The van der Waals surface area contributed by atoms with E-state index in [0.29, 0.717) is 16.0 Å². The molecule has 0 atom stereocenters. The van der Waals surface area contributed by atoms with Crippen molar-refractivity contribution in [3.63, 3.8) is 0 Å². The number of carbonyl (C=O) groups is 1. The summed E-state index contributed by atoms with van der Waals surface area (Å²) in [5.41, 5.74) is 0.433. The molecule has 12 heteroatoms. The van der Waals surface area contributed by atoms with Crippen LogP contribution in [-0.4, -0.2) is 37.1 Å². The summed E-state index contributed by atoms with van der Waals surface area (Å²) >= 11 is 1.11. The molecule has 1 heterocycles. The molecule has 0 aliphatic rings. The quantitative estimate of drug-likeness (QED) is 0.233. The summed E-state index contributed by atoms with van der Waals surface area (Å²) in [4.78, 5) is 26.5. The molecule has 0 aliphatic heterocycles. The number of nitro benzene ring substituents is 1. The Kier molecular flexibility index (Phi) is 6.83. The number of nitrogens with one attached hydrogen (secondary N) is 1. The fraction of sp³-hybridized carbons (Fsp3) is 0.158. The number of hydrogen-bond donors (Lipinski definition) is 1. The largest absolute Gasteiger partial charge is 0.460 e. The van der Waals surface area contributed by atoms with Crippen LogP contribution in [0.1, 0.15) is 5.56 Å². The minimum Gasteiger partial charge on any atom is -0.460 e. The zero-order valence-electron chi connectivity index (χ0n) is 16.1. The lowest BCUT2D eigenvalue weighted by molar-refractivity contribution is -0.387. The van der Waals surface area contributed by atoms with Crippen molar-refractivity contribution in [2.24, 2.45) is 0 Å². The molecule has 0 amide bonds. The Bertz CT molecular complexity index is 1270. The number of aromatic nitrogens is 1. The first kappa shape index (κ1) is 22.6. The Balaban J connectivity index is 1.66. The van der Waals surface area contributed by atoms with Crippen molar-refractivity contribution < 1.29 is 27.3 Å². The lowest BCUT2D eigenvalue weighted by atomic mass is 10.1. The molecule has 0 spiro atoms. The second kappa shape index (κ2) is 9.37. The average Bonchev–Trinajstić information content (AvgIpc) is 2.77. The molecule has 0 bridgehead atoms. The van der Waals surface area contributed by atoms with Gasteiger partial charge in [-0.3, -0.25) is 19.9 Å². The summed E-state index contributed by atoms with van der Waals surface area (Å²) in [6, 6.07) is 9.22. The van der Waals surface area contributed by atoms with Crippen molar-refractivity contribution in [3.8, 4) is 0 Å². The van der Waals surface area contributed by atoms with Gasteiger partial charge in [-0.1, -0.05) is 6.07 Å². The number of fused-ring (bicyclic) bond motifs is 1. The molecule has 0 unspecified atom stereocenters. The number of nitrogens with zero attached hydrogens (tertiary/aromatic N) is 2. The molecule has 0 saturated heterocycles. The topological polar surface area (TPSA) is 128 Å². The number of sulfonamides is 1. The third-order valence-electron chi connectivity index (χ3n) is 4.25. The van der Waals surface area contributed by atoms with E-state index in [1.807, 2.05) is 0 Å². The van der Waals surface area contributed by atoms with E-state index in [9.17, 15) is 27.7 Å². The van der Waals surface area contributed by atoms with E-state index in [4.69, 9.17) is 4.74 Å². The van der Waals surface area contributed by atoms with Gasteiger partial charge in [0.25, 0.3) is 5.69 Å². The molecule has 31 heavy (non-hydrogen) atoms. The van der Waals surface area contributed by atoms with Crippen LogP contribution >= 0.6 is 11.8 Å². The van der Waals surface area contributed by atoms with Gasteiger partial charge in [-0.2, -0.15) is 4.72 Å². The normalized spacial score (nSPS) is 11.4. The lowest BCUT2D eigenvalue weighted by Gasteiger charge is -2.10. The number of rotatable bonds is 8. The van der Waals surface area contributed by atoms with Crippen LogP contribution in [0.2, 0.25) is 0 Å². The van der Waals surface area contributed by atoms with Crippen LogP contribution in [0.25, 0.3) is 10.9 Å². The van der Waals surface area contributed by atoms with Crippen LogP contribution in [0.4, 0.5) is 10.1 Å². The number of carbonyl (C=O) groups excluding carboxylic acids is 1. The minimum absolute atomic E-state index is 0.234. The van der Waals surface area contributed by atoms with Gasteiger partial charge in [0.15, 0.2) is 0 Å². The number of benzene rings is 2. The van der Waals surface area contributed by atoms with Crippen molar-refractivity contribution >= 4 is 44.3 Å². The van der Waals surface area contributed by atoms with Crippen LogP contribution in [0, 0.1) is 15.9 Å². The van der Waals surface area contributed by atoms with Crippen LogP contribution in [0.5, 0.6) is 0 Å². The summed E-state index contributed by atoms with van der Waals surface area (Å²) in [5.74, 6) is -1.35. The van der Waals surface area contributed by atoms with E-state index in [1.165, 1.54) is 30.5 Å². The summed E-state index contributed by atoms with van der Waals surface area (Å²) in [5, 5.41) is 11.4. The Labute approximate surface area is 180 Å². The Morgan fingerprint density at radius 2 is 2.06 bits per heavy atom. The van der Waals surface area contributed by atoms with Gasteiger partial charge in [-0.05, 0) is 36.6 Å². The summed E-state index contributed by atoms with van der Waals surface area (Å²) in [6.07, 6.45) is 3.10. The molecule has 1 N–H and O–H groups in total. The molecule has 9 nitrogen and oxygen atoms in total. The molecule has 2 aromatic carbocycles. The second-order valence-corrected chi connectivity index (χ2v) is 8.80. The van der Waals surface area contributed by atoms with E-state index in [0.717, 1.165) is 17.8 Å². The van der Waals surface area contributed by atoms with Gasteiger partial charge in [0, 0.05) is 23.2 Å². The van der Waals surface area contributed by atoms with Gasteiger partial charge in [-0.15, -0.1) is 11.8 Å². The maximum atomic E-state index is 13.8. The molecular formula is C19H16FN3O6S2. The third kappa shape index (κ3) is 5.16. The van der Waals surface area contributed by atoms with Crippen LogP contribution in [-0.2, 0) is 26.2 Å². The second-order valence-electron chi connectivity index (χ2n) is 6.18. The predicted octanol–water partition coefficient (Wildman–Crippen LogP) is 3.03. The van der Waals surface area contributed by atoms with Crippen molar-refractivity contribution in [2.45, 2.75) is 16.4 Å². The first-order chi connectivity index (χ1) is 14.7. The number of hydrogen-bond acceptors (Lipinski definition) is 8. The fourth-order valence-electron chi connectivity index (χ4n) is 2.74. The molecule has 162 valence electrons. The smallest absolute Gasteiger partial charge is 0.321 e. The van der Waals surface area contributed by atoms with Gasteiger partial charge < -0.3 is 4.74 Å². The fourth-order valence-corrected chi connectivity index (χ4v) is 4.27. The molecular weight excluding hydrogens is 449 g/mol. The maximum Gasteiger partial charge on any atom is 0.321 e. The zero-order chi connectivity index (χ0) is 22.6. The van der Waals surface area contributed by atoms with Gasteiger partial charge >= 0.3 is 5.97 Å². The first-order valence-electron chi connectivity index (χ1n) is 8.73. The maximum absolute atomic E-state index is 13.8. The van der Waals surface area contributed by atoms with E-state index in [2.05, 4.69) is 9.71 Å². The van der Waals surface area contributed by atoms with E-state index < -0.39 is 33.3 Å². The zero-order valence-corrected chi connectivity index (χ0v) is 17.7. The van der Waals surface area contributed by atoms with Crippen molar-refractivity contribution in [3.05, 3.63) is 70.2 Å². The predicted molar refractivity (Wildman–Crippen MR) is 112 cm³/mol. The first-order valence-corrected chi connectivity index (χ1v) is 11.4.